The molecule has 1 N–H and O–H groups in total. The van der Waals surface area contributed by atoms with E-state index in [0.717, 1.165) is 28.7 Å². The van der Waals surface area contributed by atoms with Gasteiger partial charge in [-0.15, -0.1) is 0 Å². The number of nitrogens with zero attached hydrogens (tertiary/aromatic N) is 4. The van der Waals surface area contributed by atoms with Gasteiger partial charge in [-0.2, -0.15) is 13.2 Å². The van der Waals surface area contributed by atoms with E-state index in [4.69, 9.17) is 0 Å². The van der Waals surface area contributed by atoms with Gasteiger partial charge in [0.2, 0.25) is 5.91 Å². The largest absolute Gasteiger partial charge is 0.417 e. The van der Waals surface area contributed by atoms with Gasteiger partial charge in [0.15, 0.2) is 0 Å². The highest BCUT2D eigenvalue weighted by Gasteiger charge is 2.34. The van der Waals surface area contributed by atoms with Crippen molar-refractivity contribution in [2.24, 2.45) is 4.99 Å². The molecular weight excluding hydrogens is 551 g/mol. The molecule has 1 saturated heterocycles. The van der Waals surface area contributed by atoms with Crippen molar-refractivity contribution in [1.82, 2.24) is 20.1 Å². The van der Waals surface area contributed by atoms with Crippen LogP contribution in [0.1, 0.15) is 39.2 Å². The molecule has 6 nitrogen and oxygen atoms in total. The number of allylic oxidation sites excluding steroid dienone is 6. The predicted octanol–water partition coefficient (Wildman–Crippen LogP) is 7.26. The number of benzene rings is 1. The molecule has 0 atom stereocenters. The number of para-hydroxylation sites is 1. The maximum atomic E-state index is 14.3. The highest BCUT2D eigenvalue weighted by Crippen LogP contribution is 2.33. The van der Waals surface area contributed by atoms with Crippen molar-refractivity contribution >= 4 is 23.5 Å². The molecule has 0 bridgehead atoms. The van der Waals surface area contributed by atoms with Crippen LogP contribution < -0.4 is 5.32 Å². The first-order valence-electron chi connectivity index (χ1n) is 14.4. The molecule has 1 aliphatic heterocycles. The van der Waals surface area contributed by atoms with Crippen LogP contribution in [0.25, 0.3) is 10.9 Å². The Morgan fingerprint density at radius 1 is 1.12 bits per heavy atom. The third-order valence-electron chi connectivity index (χ3n) is 6.89. The number of alkyl halides is 3. The van der Waals surface area contributed by atoms with Crippen molar-refractivity contribution < 1.29 is 18.0 Å². The van der Waals surface area contributed by atoms with Gasteiger partial charge in [-0.3, -0.25) is 19.7 Å². The number of halogens is 3. The van der Waals surface area contributed by atoms with E-state index in [1.807, 2.05) is 62.4 Å². The van der Waals surface area contributed by atoms with Gasteiger partial charge in [-0.25, -0.2) is 0 Å². The van der Waals surface area contributed by atoms with Crippen LogP contribution in [0.5, 0.6) is 0 Å². The van der Waals surface area contributed by atoms with Gasteiger partial charge in [0, 0.05) is 62.2 Å². The summed E-state index contributed by atoms with van der Waals surface area (Å²) in [6.07, 6.45) is 7.67. The lowest BCUT2D eigenvalue weighted by molar-refractivity contribution is -0.125. The summed E-state index contributed by atoms with van der Waals surface area (Å²) in [6, 6.07) is 9.77. The van der Waals surface area contributed by atoms with Crippen LogP contribution in [-0.4, -0.2) is 59.8 Å². The molecule has 3 rings (SSSR count). The van der Waals surface area contributed by atoms with E-state index in [1.165, 1.54) is 17.9 Å². The number of rotatable bonds is 12. The Hall–Kier alpha value is -4.24. The molecule has 0 radical (unpaired) electrons. The van der Waals surface area contributed by atoms with Crippen molar-refractivity contribution in [3.05, 3.63) is 113 Å². The third kappa shape index (κ3) is 8.88. The summed E-state index contributed by atoms with van der Waals surface area (Å²) < 4.78 is 42.9. The molecule has 2 aromatic rings. The Morgan fingerprint density at radius 2 is 1.81 bits per heavy atom. The van der Waals surface area contributed by atoms with Crippen LogP contribution in [0.15, 0.2) is 113 Å². The smallest absolute Gasteiger partial charge is 0.374 e. The lowest BCUT2D eigenvalue weighted by Crippen LogP contribution is -2.41. The summed E-state index contributed by atoms with van der Waals surface area (Å²) in [7, 11) is 0. The van der Waals surface area contributed by atoms with Gasteiger partial charge in [-0.05, 0) is 49.8 Å². The number of pyridine rings is 1. The molecule has 1 amide bonds. The summed E-state index contributed by atoms with van der Waals surface area (Å²) in [5.41, 5.74) is 2.45. The van der Waals surface area contributed by atoms with E-state index in [-0.39, 0.29) is 5.70 Å². The van der Waals surface area contributed by atoms with Crippen LogP contribution in [0, 0.1) is 0 Å². The maximum Gasteiger partial charge on any atom is 0.417 e. The molecule has 0 saturated carbocycles. The normalized spacial score (nSPS) is 16.0. The molecule has 1 aliphatic rings. The van der Waals surface area contributed by atoms with E-state index in [0.29, 0.717) is 62.4 Å². The van der Waals surface area contributed by atoms with Crippen LogP contribution >= 0.6 is 0 Å². The number of carbonyl (C=O) groups excluding carboxylic acids is 1. The number of amides is 1. The van der Waals surface area contributed by atoms with Crippen molar-refractivity contribution in [2.75, 3.05) is 26.2 Å². The molecule has 2 heterocycles. The first-order chi connectivity index (χ1) is 20.6. The zero-order valence-corrected chi connectivity index (χ0v) is 25.1. The predicted molar refractivity (Wildman–Crippen MR) is 169 cm³/mol. The second-order valence-electron chi connectivity index (χ2n) is 9.96. The number of aromatic nitrogens is 1. The average molecular weight is 592 g/mol. The van der Waals surface area contributed by atoms with Gasteiger partial charge in [0.1, 0.15) is 0 Å². The fourth-order valence-corrected chi connectivity index (χ4v) is 4.92. The van der Waals surface area contributed by atoms with Crippen molar-refractivity contribution in [3.63, 3.8) is 0 Å². The van der Waals surface area contributed by atoms with Crippen molar-refractivity contribution in [2.45, 2.75) is 46.2 Å². The van der Waals surface area contributed by atoms with E-state index in [1.54, 1.807) is 11.1 Å². The molecule has 1 fully saturated rings. The monoisotopic (exact) mass is 591 g/mol. The first kappa shape index (κ1) is 33.3. The van der Waals surface area contributed by atoms with Crippen molar-refractivity contribution in [1.29, 1.82) is 0 Å². The SMILES string of the molecule is C=C/C(=C\C(=C\N1CCNCC1)C(F)(F)F)N(C(C)=O)C(=C\CC)/C(=C/Cc1cccc2cccnc12)C(=C\CC)/N=C. The molecular formula is C34H40F3N5O. The molecule has 0 aliphatic carbocycles. The van der Waals surface area contributed by atoms with Gasteiger partial charge in [0.25, 0.3) is 0 Å². The molecule has 0 spiro atoms. The zero-order chi connectivity index (χ0) is 31.4. The molecule has 1 aromatic carbocycles. The number of nitrogens with one attached hydrogen (secondary N) is 1. The summed E-state index contributed by atoms with van der Waals surface area (Å²) in [5, 5.41) is 4.13. The Morgan fingerprint density at radius 3 is 2.42 bits per heavy atom. The topological polar surface area (TPSA) is 60.8 Å². The lowest BCUT2D eigenvalue weighted by Gasteiger charge is -2.29. The Kier molecular flexibility index (Phi) is 12.3. The zero-order valence-electron chi connectivity index (χ0n) is 25.1. The van der Waals surface area contributed by atoms with E-state index < -0.39 is 17.7 Å². The summed E-state index contributed by atoms with van der Waals surface area (Å²) >= 11 is 0. The molecule has 0 unspecified atom stereocenters. The maximum absolute atomic E-state index is 14.3. The average Bonchev–Trinajstić information content (AvgIpc) is 2.99. The van der Waals surface area contributed by atoms with Gasteiger partial charge >= 0.3 is 6.18 Å². The second-order valence-corrected chi connectivity index (χ2v) is 9.96. The Bertz CT molecular complexity index is 1450. The van der Waals surface area contributed by atoms with E-state index in [9.17, 15) is 18.0 Å². The summed E-state index contributed by atoms with van der Waals surface area (Å²) in [6.45, 7) is 14.8. The van der Waals surface area contributed by atoms with Crippen LogP contribution in [0.2, 0.25) is 0 Å². The number of hydrogen-bond acceptors (Lipinski definition) is 5. The molecule has 228 valence electrons. The van der Waals surface area contributed by atoms with Crippen LogP contribution in [-0.2, 0) is 11.2 Å². The minimum atomic E-state index is -4.65. The fourth-order valence-electron chi connectivity index (χ4n) is 4.92. The number of hydrogen-bond donors (Lipinski definition) is 1. The van der Waals surface area contributed by atoms with E-state index in [2.05, 4.69) is 28.6 Å². The minimum absolute atomic E-state index is 0.00328. The van der Waals surface area contributed by atoms with E-state index >= 15 is 0 Å². The number of piperazine rings is 1. The lowest BCUT2D eigenvalue weighted by atomic mass is 9.99. The first-order valence-corrected chi connectivity index (χ1v) is 14.4. The van der Waals surface area contributed by atoms with Crippen molar-refractivity contribution in [3.8, 4) is 0 Å². The molecule has 9 heteroatoms. The highest BCUT2D eigenvalue weighted by molar-refractivity contribution is 5.82. The molecule has 43 heavy (non-hydrogen) atoms. The Labute approximate surface area is 252 Å². The second kappa shape index (κ2) is 15.8. The minimum Gasteiger partial charge on any atom is -0.374 e. The number of aliphatic imine (C=N–C) groups is 1. The van der Waals surface area contributed by atoms with Crippen LogP contribution in [0.4, 0.5) is 13.2 Å². The van der Waals surface area contributed by atoms with Gasteiger partial charge < -0.3 is 10.2 Å². The van der Waals surface area contributed by atoms with Gasteiger partial charge in [-0.1, -0.05) is 62.9 Å². The Balaban J connectivity index is 2.20. The third-order valence-corrected chi connectivity index (χ3v) is 6.89. The quantitative estimate of drug-likeness (QED) is 0.209. The number of fused-ring (bicyclic) bond motifs is 1. The van der Waals surface area contributed by atoms with Gasteiger partial charge in [0.05, 0.1) is 22.5 Å². The highest BCUT2D eigenvalue weighted by atomic mass is 19.4. The number of carbonyl (C=O) groups is 1. The summed E-state index contributed by atoms with van der Waals surface area (Å²) in [5.74, 6) is -0.466. The molecule has 1 aromatic heterocycles. The fraction of sp³-hybridized carbons (Fsp3) is 0.324. The van der Waals surface area contributed by atoms with Crippen LogP contribution in [0.3, 0.4) is 0 Å². The summed E-state index contributed by atoms with van der Waals surface area (Å²) in [4.78, 5) is 25.0. The standard InChI is InChI=1S/C34H40F3N5O/c1-6-11-31(38-5)30(17-16-27-14-9-13-26-15-10-18-40-33(26)27)32(12-7-2)42(25(4)43)29(8-3)23-28(34(35,36)37)24-41-21-19-39-20-22-41/h8-15,17-18,23-24,39H,3,5-7,16,19-22H2,1-2,4H3/b28-24-,29-23+,30-17+,31-11+,32-12-.